The number of hydrogen-bond donors (Lipinski definition) is 2. The van der Waals surface area contributed by atoms with E-state index in [1.165, 1.54) is 0 Å². The Balaban J connectivity index is 2.10. The average molecular weight is 256 g/mol. The summed E-state index contributed by atoms with van der Waals surface area (Å²) in [6.07, 6.45) is 2.29. The van der Waals surface area contributed by atoms with Crippen LogP contribution in [0.25, 0.3) is 0 Å². The van der Waals surface area contributed by atoms with Gasteiger partial charge in [-0.1, -0.05) is 34.1 Å². The quantitative estimate of drug-likeness (QED) is 0.872. The number of aliphatic hydroxyl groups excluding tert-OH is 1. The van der Waals surface area contributed by atoms with E-state index in [4.69, 9.17) is 5.73 Å². The second-order valence-electron chi connectivity index (χ2n) is 4.10. The second kappa shape index (κ2) is 3.65. The molecule has 2 nitrogen and oxygen atoms in total. The van der Waals surface area contributed by atoms with Gasteiger partial charge in [-0.05, 0) is 30.9 Å². The highest BCUT2D eigenvalue weighted by molar-refractivity contribution is 9.10. The molecule has 0 saturated heterocycles. The molecule has 0 heterocycles. The Morgan fingerprint density at radius 2 is 2.07 bits per heavy atom. The highest BCUT2D eigenvalue weighted by Crippen LogP contribution is 2.41. The van der Waals surface area contributed by atoms with Crippen LogP contribution in [0.4, 0.5) is 0 Å². The van der Waals surface area contributed by atoms with Gasteiger partial charge >= 0.3 is 0 Å². The lowest BCUT2D eigenvalue weighted by molar-refractivity contribution is 0.153. The van der Waals surface area contributed by atoms with Gasteiger partial charge in [-0.2, -0.15) is 0 Å². The van der Waals surface area contributed by atoms with Crippen molar-refractivity contribution in [3.63, 3.8) is 0 Å². The lowest BCUT2D eigenvalue weighted by Crippen LogP contribution is -2.24. The van der Waals surface area contributed by atoms with Crippen molar-refractivity contribution in [2.75, 3.05) is 0 Å². The minimum absolute atomic E-state index is 0.102. The van der Waals surface area contributed by atoms with Crippen molar-refractivity contribution in [3.8, 4) is 0 Å². The molecule has 2 rings (SSSR count). The highest BCUT2D eigenvalue weighted by Gasteiger charge is 2.40. The summed E-state index contributed by atoms with van der Waals surface area (Å²) in [5.41, 5.74) is 6.79. The molecule has 1 aliphatic carbocycles. The van der Waals surface area contributed by atoms with Gasteiger partial charge in [-0.3, -0.25) is 0 Å². The number of benzene rings is 1. The van der Waals surface area contributed by atoms with Gasteiger partial charge in [0.1, 0.15) is 0 Å². The molecule has 0 bridgehead atoms. The van der Waals surface area contributed by atoms with Crippen LogP contribution in [0.1, 0.15) is 30.9 Å². The average Bonchev–Trinajstić information content (AvgIpc) is 2.84. The summed E-state index contributed by atoms with van der Waals surface area (Å²) < 4.78 is 0.955. The molecule has 1 aliphatic rings. The molecule has 1 fully saturated rings. The zero-order valence-electron chi connectivity index (χ0n) is 7.91. The number of halogens is 1. The second-order valence-corrected chi connectivity index (χ2v) is 4.96. The molecule has 0 aliphatic heterocycles. The van der Waals surface area contributed by atoms with Crippen molar-refractivity contribution in [1.29, 1.82) is 0 Å². The van der Waals surface area contributed by atoms with Gasteiger partial charge < -0.3 is 10.8 Å². The van der Waals surface area contributed by atoms with Gasteiger partial charge in [0.25, 0.3) is 0 Å². The molecular weight excluding hydrogens is 242 g/mol. The van der Waals surface area contributed by atoms with Crippen LogP contribution in [0.3, 0.4) is 0 Å². The summed E-state index contributed by atoms with van der Waals surface area (Å²) in [7, 11) is 0. The first-order valence-corrected chi connectivity index (χ1v) is 5.61. The van der Waals surface area contributed by atoms with E-state index < -0.39 is 6.10 Å². The molecule has 0 amide bonds. The summed E-state index contributed by atoms with van der Waals surface area (Å²) in [6, 6.07) is 7.74. The maximum Gasteiger partial charge on any atom is 0.0818 e. The van der Waals surface area contributed by atoms with Crippen molar-refractivity contribution in [1.82, 2.24) is 0 Å². The number of nitrogens with two attached hydrogens (primary N) is 1. The first-order valence-electron chi connectivity index (χ1n) is 4.82. The van der Waals surface area contributed by atoms with Gasteiger partial charge in [-0.25, -0.2) is 0 Å². The zero-order chi connectivity index (χ0) is 10.2. The molecule has 1 saturated carbocycles. The van der Waals surface area contributed by atoms with Crippen molar-refractivity contribution in [2.45, 2.75) is 30.9 Å². The first kappa shape index (κ1) is 10.1. The SMILES string of the molecule is NC1(CC(O)c2ccccc2Br)CC1. The zero-order valence-corrected chi connectivity index (χ0v) is 9.50. The maximum atomic E-state index is 9.97. The summed E-state index contributed by atoms with van der Waals surface area (Å²) in [5, 5.41) is 9.97. The van der Waals surface area contributed by atoms with E-state index in [0.29, 0.717) is 6.42 Å². The number of hydrogen-bond acceptors (Lipinski definition) is 2. The van der Waals surface area contributed by atoms with Crippen molar-refractivity contribution >= 4 is 15.9 Å². The molecule has 1 aromatic carbocycles. The van der Waals surface area contributed by atoms with Crippen molar-refractivity contribution < 1.29 is 5.11 Å². The molecule has 3 N–H and O–H groups in total. The molecule has 14 heavy (non-hydrogen) atoms. The highest BCUT2D eigenvalue weighted by atomic mass is 79.9. The Morgan fingerprint density at radius 1 is 1.43 bits per heavy atom. The molecule has 0 spiro atoms. The van der Waals surface area contributed by atoms with E-state index in [2.05, 4.69) is 15.9 Å². The molecule has 1 aromatic rings. The molecule has 1 unspecified atom stereocenters. The van der Waals surface area contributed by atoms with E-state index in [1.54, 1.807) is 0 Å². The fraction of sp³-hybridized carbons (Fsp3) is 0.455. The number of aliphatic hydroxyl groups is 1. The Labute approximate surface area is 92.3 Å². The third-order valence-corrected chi connectivity index (χ3v) is 3.48. The van der Waals surface area contributed by atoms with Crippen LogP contribution in [0.15, 0.2) is 28.7 Å². The van der Waals surface area contributed by atoms with Gasteiger partial charge in [0, 0.05) is 10.0 Å². The Hall–Kier alpha value is -0.380. The minimum atomic E-state index is -0.446. The standard InChI is InChI=1S/C11H14BrNO/c12-9-4-2-1-3-8(9)10(14)7-11(13)5-6-11/h1-4,10,14H,5-7,13H2. The van der Waals surface area contributed by atoms with Crippen molar-refractivity contribution in [2.24, 2.45) is 5.73 Å². The minimum Gasteiger partial charge on any atom is -0.388 e. The maximum absolute atomic E-state index is 9.97. The van der Waals surface area contributed by atoms with Crippen LogP contribution in [-0.2, 0) is 0 Å². The Bertz CT molecular complexity index is 336. The smallest absolute Gasteiger partial charge is 0.0818 e. The predicted octanol–water partition coefficient (Wildman–Crippen LogP) is 2.36. The van der Waals surface area contributed by atoms with E-state index >= 15 is 0 Å². The van der Waals surface area contributed by atoms with E-state index in [0.717, 1.165) is 22.9 Å². The lowest BCUT2D eigenvalue weighted by atomic mass is 10.0. The number of rotatable bonds is 3. The predicted molar refractivity (Wildman–Crippen MR) is 59.9 cm³/mol. The van der Waals surface area contributed by atoms with Crippen molar-refractivity contribution in [3.05, 3.63) is 34.3 Å². The van der Waals surface area contributed by atoms with Gasteiger partial charge in [0.15, 0.2) is 0 Å². The molecule has 0 aromatic heterocycles. The first-order chi connectivity index (χ1) is 6.61. The largest absolute Gasteiger partial charge is 0.388 e. The van der Waals surface area contributed by atoms with Crippen LogP contribution in [-0.4, -0.2) is 10.6 Å². The molecule has 1 atom stereocenters. The van der Waals surface area contributed by atoms with E-state index in [9.17, 15) is 5.11 Å². The summed E-state index contributed by atoms with van der Waals surface area (Å²) in [5.74, 6) is 0. The van der Waals surface area contributed by atoms with Crippen LogP contribution < -0.4 is 5.73 Å². The summed E-state index contributed by atoms with van der Waals surface area (Å²) in [6.45, 7) is 0. The Morgan fingerprint density at radius 3 is 2.64 bits per heavy atom. The topological polar surface area (TPSA) is 46.2 Å². The molecule has 76 valence electrons. The van der Waals surface area contributed by atoms with Crippen LogP contribution >= 0.6 is 15.9 Å². The van der Waals surface area contributed by atoms with E-state index in [-0.39, 0.29) is 5.54 Å². The fourth-order valence-electron chi connectivity index (χ4n) is 1.61. The normalized spacial score (nSPS) is 20.5. The van der Waals surface area contributed by atoms with Gasteiger partial charge in [0.05, 0.1) is 6.10 Å². The summed E-state index contributed by atoms with van der Waals surface area (Å²) >= 11 is 3.42. The lowest BCUT2D eigenvalue weighted by Gasteiger charge is -2.16. The third-order valence-electron chi connectivity index (χ3n) is 2.76. The third kappa shape index (κ3) is 2.16. The van der Waals surface area contributed by atoms with E-state index in [1.807, 2.05) is 24.3 Å². The van der Waals surface area contributed by atoms with Crippen LogP contribution in [0, 0.1) is 0 Å². The summed E-state index contributed by atoms with van der Waals surface area (Å²) in [4.78, 5) is 0. The molecule has 3 heteroatoms. The monoisotopic (exact) mass is 255 g/mol. The molecule has 0 radical (unpaired) electrons. The fourth-order valence-corrected chi connectivity index (χ4v) is 2.15. The van der Waals surface area contributed by atoms with Gasteiger partial charge in [0.2, 0.25) is 0 Å². The Kier molecular flexibility index (Phi) is 2.64. The molecular formula is C11H14BrNO. The van der Waals surface area contributed by atoms with Gasteiger partial charge in [-0.15, -0.1) is 0 Å². The van der Waals surface area contributed by atoms with Crippen LogP contribution in [0.5, 0.6) is 0 Å². The van der Waals surface area contributed by atoms with Crippen LogP contribution in [0.2, 0.25) is 0 Å².